The van der Waals surface area contributed by atoms with Crippen molar-refractivity contribution in [2.24, 2.45) is 0 Å². The number of hydrogen-bond acceptors (Lipinski definition) is 4. The highest BCUT2D eigenvalue weighted by molar-refractivity contribution is 6.30. The number of rotatable bonds is 6. The monoisotopic (exact) mass is 337 g/mol. The first-order valence-corrected chi connectivity index (χ1v) is 7.61. The Morgan fingerprint density at radius 2 is 2.09 bits per heavy atom. The number of ether oxygens (including phenoxy) is 1. The Labute approximate surface area is 140 Å². The molecule has 0 radical (unpaired) electrons. The van der Waals surface area contributed by atoms with Gasteiger partial charge in [0.25, 0.3) is 5.91 Å². The minimum atomic E-state index is -1.28. The lowest BCUT2D eigenvalue weighted by Gasteiger charge is -2.21. The van der Waals surface area contributed by atoms with E-state index in [0.717, 1.165) is 5.56 Å². The zero-order chi connectivity index (χ0) is 17.0. The van der Waals surface area contributed by atoms with Crippen molar-refractivity contribution in [3.63, 3.8) is 0 Å². The fourth-order valence-electron chi connectivity index (χ4n) is 2.05. The van der Waals surface area contributed by atoms with E-state index in [1.165, 1.54) is 0 Å². The predicted molar refractivity (Wildman–Crippen MR) is 87.7 cm³/mol. The Bertz CT molecular complexity index is 694. The average molecular weight is 338 g/mol. The molecule has 0 spiro atoms. The first-order chi connectivity index (χ1) is 10.8. The zero-order valence-corrected chi connectivity index (χ0v) is 14.1. The van der Waals surface area contributed by atoms with Gasteiger partial charge in [0.1, 0.15) is 22.9 Å². The van der Waals surface area contributed by atoms with Crippen molar-refractivity contribution in [1.82, 2.24) is 5.32 Å². The first kappa shape index (κ1) is 17.4. The highest BCUT2D eigenvalue weighted by atomic mass is 35.5. The smallest absolute Gasteiger partial charge is 0.258 e. The van der Waals surface area contributed by atoms with Crippen LogP contribution in [-0.2, 0) is 10.4 Å². The molecule has 0 fully saturated rings. The molecule has 0 saturated carbocycles. The topological polar surface area (TPSA) is 71.7 Å². The van der Waals surface area contributed by atoms with Crippen LogP contribution in [0.2, 0.25) is 5.02 Å². The van der Waals surface area contributed by atoms with E-state index < -0.39 is 5.60 Å². The fourth-order valence-corrected chi connectivity index (χ4v) is 2.28. The maximum Gasteiger partial charge on any atom is 0.258 e. The molecule has 0 aliphatic rings. The van der Waals surface area contributed by atoms with Gasteiger partial charge in [-0.25, -0.2) is 0 Å². The minimum Gasteiger partial charge on any atom is -0.484 e. The van der Waals surface area contributed by atoms with Crippen LogP contribution in [0.5, 0.6) is 5.75 Å². The number of amides is 1. The number of carbonyl (C=O) groups excluding carboxylic acids is 1. The molecule has 5 nitrogen and oxygen atoms in total. The third kappa shape index (κ3) is 4.74. The van der Waals surface area contributed by atoms with Crippen LogP contribution in [-0.4, -0.2) is 24.2 Å². The van der Waals surface area contributed by atoms with Crippen LogP contribution in [0.15, 0.2) is 34.7 Å². The number of furan rings is 1. The number of halogens is 1. The molecular weight excluding hydrogens is 318 g/mol. The van der Waals surface area contributed by atoms with Gasteiger partial charge in [0.05, 0.1) is 6.54 Å². The van der Waals surface area contributed by atoms with Crippen LogP contribution in [0.4, 0.5) is 0 Å². The molecular formula is C17H20ClNO4. The van der Waals surface area contributed by atoms with Crippen LogP contribution in [0.25, 0.3) is 0 Å². The van der Waals surface area contributed by atoms with Crippen LogP contribution in [0.3, 0.4) is 0 Å². The molecule has 6 heteroatoms. The number of aryl methyl sites for hydroxylation is 2. The maximum atomic E-state index is 11.9. The second-order valence-electron chi connectivity index (χ2n) is 5.66. The van der Waals surface area contributed by atoms with Gasteiger partial charge in [-0.2, -0.15) is 0 Å². The summed E-state index contributed by atoms with van der Waals surface area (Å²) in [4.78, 5) is 11.9. The molecule has 2 aromatic rings. The summed E-state index contributed by atoms with van der Waals surface area (Å²) in [5, 5.41) is 13.6. The van der Waals surface area contributed by atoms with Gasteiger partial charge >= 0.3 is 0 Å². The van der Waals surface area contributed by atoms with Crippen molar-refractivity contribution in [1.29, 1.82) is 0 Å². The average Bonchev–Trinajstić information content (AvgIpc) is 2.92. The van der Waals surface area contributed by atoms with Crippen LogP contribution < -0.4 is 10.1 Å². The van der Waals surface area contributed by atoms with Crippen molar-refractivity contribution in [2.45, 2.75) is 26.4 Å². The summed E-state index contributed by atoms with van der Waals surface area (Å²) in [5.41, 5.74) is -0.427. The number of nitrogens with one attached hydrogen (secondary N) is 1. The second kappa shape index (κ2) is 7.06. The largest absolute Gasteiger partial charge is 0.484 e. The third-order valence-electron chi connectivity index (χ3n) is 3.40. The SMILES string of the molecule is Cc1ccc(C(C)(O)CNC(=O)COc2ccc(Cl)cc2C)o1. The Morgan fingerprint density at radius 1 is 1.35 bits per heavy atom. The van der Waals surface area contributed by atoms with E-state index in [4.69, 9.17) is 20.8 Å². The van der Waals surface area contributed by atoms with Gasteiger partial charge < -0.3 is 19.6 Å². The van der Waals surface area contributed by atoms with Gasteiger partial charge in [0, 0.05) is 5.02 Å². The lowest BCUT2D eigenvalue weighted by atomic mass is 10.0. The van der Waals surface area contributed by atoms with E-state index in [2.05, 4.69) is 5.32 Å². The maximum absolute atomic E-state index is 11.9. The number of hydrogen-bond donors (Lipinski definition) is 2. The van der Waals surface area contributed by atoms with E-state index in [-0.39, 0.29) is 19.1 Å². The summed E-state index contributed by atoms with van der Waals surface area (Å²) < 4.78 is 10.8. The quantitative estimate of drug-likeness (QED) is 0.850. The third-order valence-corrected chi connectivity index (χ3v) is 3.63. The summed E-state index contributed by atoms with van der Waals surface area (Å²) in [6, 6.07) is 8.63. The summed E-state index contributed by atoms with van der Waals surface area (Å²) in [5.74, 6) is 1.37. The van der Waals surface area contributed by atoms with Crippen molar-refractivity contribution >= 4 is 17.5 Å². The first-order valence-electron chi connectivity index (χ1n) is 7.23. The lowest BCUT2D eigenvalue weighted by molar-refractivity contribution is -0.124. The van der Waals surface area contributed by atoms with Gasteiger partial charge in [-0.15, -0.1) is 0 Å². The van der Waals surface area contributed by atoms with Crippen LogP contribution >= 0.6 is 11.6 Å². The van der Waals surface area contributed by atoms with Crippen LogP contribution in [0.1, 0.15) is 24.0 Å². The predicted octanol–water partition coefficient (Wildman–Crippen LogP) is 2.95. The molecule has 1 amide bonds. The Kier molecular flexibility index (Phi) is 5.34. The fraction of sp³-hybridized carbons (Fsp3) is 0.353. The van der Waals surface area contributed by atoms with Crippen molar-refractivity contribution in [3.8, 4) is 5.75 Å². The van der Waals surface area contributed by atoms with Crippen molar-refractivity contribution in [3.05, 3.63) is 52.4 Å². The van der Waals surface area contributed by atoms with Gasteiger partial charge in [0.2, 0.25) is 0 Å². The summed E-state index contributed by atoms with van der Waals surface area (Å²) in [6.45, 7) is 5.11. The molecule has 0 bridgehead atoms. The zero-order valence-electron chi connectivity index (χ0n) is 13.4. The molecule has 1 aromatic heterocycles. The molecule has 0 saturated heterocycles. The van der Waals surface area contributed by atoms with E-state index in [0.29, 0.717) is 22.3 Å². The number of benzene rings is 1. The normalized spacial score (nSPS) is 13.4. The van der Waals surface area contributed by atoms with Gasteiger partial charge in [-0.05, 0) is 56.7 Å². The molecule has 23 heavy (non-hydrogen) atoms. The summed E-state index contributed by atoms with van der Waals surface area (Å²) in [7, 11) is 0. The lowest BCUT2D eigenvalue weighted by Crippen LogP contribution is -2.40. The molecule has 1 heterocycles. The minimum absolute atomic E-state index is 0.0295. The van der Waals surface area contributed by atoms with E-state index in [1.54, 1.807) is 44.2 Å². The molecule has 2 N–H and O–H groups in total. The number of aliphatic hydroxyl groups is 1. The highest BCUT2D eigenvalue weighted by Crippen LogP contribution is 2.23. The Balaban J connectivity index is 1.85. The van der Waals surface area contributed by atoms with Gasteiger partial charge in [-0.1, -0.05) is 11.6 Å². The van der Waals surface area contributed by atoms with Crippen molar-refractivity contribution < 1.29 is 19.1 Å². The summed E-state index contributed by atoms with van der Waals surface area (Å²) >= 11 is 5.87. The number of carbonyl (C=O) groups is 1. The molecule has 1 atom stereocenters. The Morgan fingerprint density at radius 3 is 2.70 bits per heavy atom. The molecule has 0 aliphatic heterocycles. The molecule has 1 unspecified atom stereocenters. The summed E-state index contributed by atoms with van der Waals surface area (Å²) in [6.07, 6.45) is 0. The molecule has 124 valence electrons. The molecule has 0 aliphatic carbocycles. The van der Waals surface area contributed by atoms with Gasteiger partial charge in [-0.3, -0.25) is 4.79 Å². The van der Waals surface area contributed by atoms with E-state index in [1.807, 2.05) is 6.92 Å². The standard InChI is InChI=1S/C17H20ClNO4/c1-11-8-13(18)5-6-14(11)22-9-16(20)19-10-17(3,21)15-7-4-12(2)23-15/h4-8,21H,9-10H2,1-3H3,(H,19,20). The van der Waals surface area contributed by atoms with E-state index in [9.17, 15) is 9.90 Å². The molecule has 2 rings (SSSR count). The Hall–Kier alpha value is -1.98. The van der Waals surface area contributed by atoms with Crippen molar-refractivity contribution in [2.75, 3.05) is 13.2 Å². The van der Waals surface area contributed by atoms with Crippen LogP contribution in [0, 0.1) is 13.8 Å². The molecule has 1 aromatic carbocycles. The second-order valence-corrected chi connectivity index (χ2v) is 6.10. The van der Waals surface area contributed by atoms with E-state index >= 15 is 0 Å². The highest BCUT2D eigenvalue weighted by Gasteiger charge is 2.27. The van der Waals surface area contributed by atoms with Gasteiger partial charge in [0.15, 0.2) is 6.61 Å².